The van der Waals surface area contributed by atoms with E-state index in [0.29, 0.717) is 11.1 Å². The van der Waals surface area contributed by atoms with Gasteiger partial charge in [0.15, 0.2) is 0 Å². The molecular weight excluding hydrogens is 585 g/mol. The quantitative estimate of drug-likeness (QED) is 0.199. The highest BCUT2D eigenvalue weighted by molar-refractivity contribution is 6.11. The van der Waals surface area contributed by atoms with Crippen LogP contribution < -0.4 is 0 Å². The summed E-state index contributed by atoms with van der Waals surface area (Å²) in [5.74, 6) is 0. The molecule has 9 aromatic rings. The van der Waals surface area contributed by atoms with E-state index in [9.17, 15) is 10.5 Å². The summed E-state index contributed by atoms with van der Waals surface area (Å²) in [6.07, 6.45) is 0. The van der Waals surface area contributed by atoms with Crippen molar-refractivity contribution in [2.75, 3.05) is 0 Å². The molecule has 0 saturated heterocycles. The fraction of sp³-hybridized carbons (Fsp3) is 0. The van der Waals surface area contributed by atoms with E-state index in [1.807, 2.05) is 30.3 Å². The zero-order valence-corrected chi connectivity index (χ0v) is 25.8. The molecule has 0 aliphatic rings. The number of para-hydroxylation sites is 4. The monoisotopic (exact) mass is 610 g/mol. The van der Waals surface area contributed by atoms with Gasteiger partial charge in [-0.25, -0.2) is 0 Å². The van der Waals surface area contributed by atoms with Gasteiger partial charge in [0, 0.05) is 32.8 Å². The van der Waals surface area contributed by atoms with Gasteiger partial charge in [0.1, 0.15) is 12.1 Å². The number of benzene rings is 7. The molecule has 0 atom stereocenters. The first-order valence-corrected chi connectivity index (χ1v) is 15.9. The van der Waals surface area contributed by atoms with Gasteiger partial charge in [0.2, 0.25) is 0 Å². The second kappa shape index (κ2) is 10.9. The van der Waals surface area contributed by atoms with Crippen LogP contribution in [0.2, 0.25) is 0 Å². The summed E-state index contributed by atoms with van der Waals surface area (Å²) in [6, 6.07) is 59.1. The predicted octanol–water partition coefficient (Wildman–Crippen LogP) is 11.0. The van der Waals surface area contributed by atoms with Crippen molar-refractivity contribution in [2.24, 2.45) is 0 Å². The zero-order chi connectivity index (χ0) is 32.2. The number of fused-ring (bicyclic) bond motifs is 6. The van der Waals surface area contributed by atoms with Crippen molar-refractivity contribution in [3.63, 3.8) is 0 Å². The topological polar surface area (TPSA) is 57.4 Å². The van der Waals surface area contributed by atoms with Crippen LogP contribution in [0.15, 0.2) is 158 Å². The second-order valence-corrected chi connectivity index (χ2v) is 12.0. The van der Waals surface area contributed by atoms with Gasteiger partial charge >= 0.3 is 0 Å². The van der Waals surface area contributed by atoms with Gasteiger partial charge in [-0.05, 0) is 65.2 Å². The summed E-state index contributed by atoms with van der Waals surface area (Å²) in [6.45, 7) is 0. The molecule has 0 amide bonds. The minimum absolute atomic E-state index is 0.351. The number of aromatic nitrogens is 2. The Balaban J connectivity index is 1.31. The molecular formula is C44H26N4. The minimum atomic E-state index is 0.351. The smallest absolute Gasteiger partial charge is 0.101 e. The van der Waals surface area contributed by atoms with Crippen LogP contribution in [0, 0.1) is 22.7 Å². The summed E-state index contributed by atoms with van der Waals surface area (Å²) in [4.78, 5) is 0. The number of nitriles is 2. The molecule has 2 aromatic heterocycles. The predicted molar refractivity (Wildman–Crippen MR) is 195 cm³/mol. The maximum absolute atomic E-state index is 10.2. The number of hydrogen-bond acceptors (Lipinski definition) is 2. The average Bonchev–Trinajstić information content (AvgIpc) is 3.67. The lowest BCUT2D eigenvalue weighted by Gasteiger charge is -2.18. The molecule has 0 unspecified atom stereocenters. The van der Waals surface area contributed by atoms with Crippen LogP contribution in [0.1, 0.15) is 11.1 Å². The van der Waals surface area contributed by atoms with E-state index < -0.39 is 0 Å². The molecule has 4 nitrogen and oxygen atoms in total. The normalized spacial score (nSPS) is 11.3. The molecule has 48 heavy (non-hydrogen) atoms. The largest absolute Gasteiger partial charge is 0.309 e. The van der Waals surface area contributed by atoms with Gasteiger partial charge in [-0.2, -0.15) is 10.5 Å². The third kappa shape index (κ3) is 4.07. The molecule has 7 aromatic carbocycles. The third-order valence-electron chi connectivity index (χ3n) is 9.41. The van der Waals surface area contributed by atoms with Crippen LogP contribution in [-0.4, -0.2) is 9.13 Å². The summed E-state index contributed by atoms with van der Waals surface area (Å²) >= 11 is 0. The number of nitrogens with zero attached hydrogens (tertiary/aromatic N) is 4. The fourth-order valence-corrected chi connectivity index (χ4v) is 7.34. The van der Waals surface area contributed by atoms with E-state index in [1.165, 1.54) is 10.8 Å². The van der Waals surface area contributed by atoms with E-state index in [-0.39, 0.29) is 0 Å². The van der Waals surface area contributed by atoms with Crippen LogP contribution in [0.4, 0.5) is 0 Å². The Morgan fingerprint density at radius 1 is 0.375 bits per heavy atom. The van der Waals surface area contributed by atoms with Crippen LogP contribution >= 0.6 is 0 Å². The standard InChI is InChI=1S/C44H26N4/c45-27-30-25-39(44(26-31(30)28-46)48-42-22-9-5-18-37(42)38-19-6-10-23-43(38)48)34-15-2-1-14-33(34)29-12-11-13-32(24-29)47-40-20-7-3-16-35(40)36-17-4-8-21-41(36)47/h1-26H. The minimum Gasteiger partial charge on any atom is -0.309 e. The Labute approximate surface area is 277 Å². The Hall–Kier alpha value is -6.88. The van der Waals surface area contributed by atoms with Gasteiger partial charge in [-0.1, -0.05) is 109 Å². The van der Waals surface area contributed by atoms with Gasteiger partial charge in [-0.15, -0.1) is 0 Å². The molecule has 0 aliphatic heterocycles. The average molecular weight is 611 g/mol. The van der Waals surface area contributed by atoms with Gasteiger partial charge in [0.25, 0.3) is 0 Å². The van der Waals surface area contributed by atoms with Crippen molar-refractivity contribution in [1.29, 1.82) is 10.5 Å². The Morgan fingerprint density at radius 2 is 0.833 bits per heavy atom. The van der Waals surface area contributed by atoms with E-state index in [0.717, 1.165) is 66.5 Å². The molecule has 0 N–H and O–H groups in total. The van der Waals surface area contributed by atoms with E-state index in [4.69, 9.17) is 0 Å². The molecule has 0 radical (unpaired) electrons. The lowest BCUT2D eigenvalue weighted by molar-refractivity contribution is 1.17. The summed E-state index contributed by atoms with van der Waals surface area (Å²) < 4.78 is 4.56. The Bertz CT molecular complexity index is 2710. The first-order chi connectivity index (χ1) is 23.7. The van der Waals surface area contributed by atoms with Crippen molar-refractivity contribution >= 4 is 43.6 Å². The van der Waals surface area contributed by atoms with Crippen LogP contribution in [0.25, 0.3) is 77.2 Å². The fourth-order valence-electron chi connectivity index (χ4n) is 7.34. The van der Waals surface area contributed by atoms with Crippen molar-refractivity contribution in [3.8, 4) is 45.8 Å². The highest BCUT2D eigenvalue weighted by atomic mass is 15.0. The first-order valence-electron chi connectivity index (χ1n) is 15.9. The molecule has 0 saturated carbocycles. The van der Waals surface area contributed by atoms with Crippen molar-refractivity contribution in [3.05, 3.63) is 169 Å². The van der Waals surface area contributed by atoms with Crippen LogP contribution in [0.5, 0.6) is 0 Å². The van der Waals surface area contributed by atoms with Crippen molar-refractivity contribution in [2.45, 2.75) is 0 Å². The second-order valence-electron chi connectivity index (χ2n) is 12.0. The lowest BCUT2D eigenvalue weighted by atomic mass is 9.91. The maximum Gasteiger partial charge on any atom is 0.101 e. The molecule has 0 aliphatic carbocycles. The number of rotatable bonds is 4. The molecule has 2 heterocycles. The molecule has 0 spiro atoms. The molecule has 0 bridgehead atoms. The molecule has 0 fully saturated rings. The van der Waals surface area contributed by atoms with E-state index in [1.54, 1.807) is 0 Å². The van der Waals surface area contributed by atoms with E-state index in [2.05, 4.69) is 149 Å². The maximum atomic E-state index is 10.2. The van der Waals surface area contributed by atoms with Crippen molar-refractivity contribution < 1.29 is 0 Å². The van der Waals surface area contributed by atoms with Crippen molar-refractivity contribution in [1.82, 2.24) is 9.13 Å². The Morgan fingerprint density at radius 3 is 1.38 bits per heavy atom. The molecule has 4 heteroatoms. The van der Waals surface area contributed by atoms with Crippen LogP contribution in [-0.2, 0) is 0 Å². The number of hydrogen-bond donors (Lipinski definition) is 0. The Kier molecular flexibility index (Phi) is 6.22. The van der Waals surface area contributed by atoms with Gasteiger partial charge < -0.3 is 9.13 Å². The first kappa shape index (κ1) is 27.4. The SMILES string of the molecule is N#Cc1cc(-c2ccccc2-c2cccc(-n3c4ccccc4c4ccccc43)c2)c(-n2c3ccccc3c3ccccc32)cc1C#N. The van der Waals surface area contributed by atoms with Crippen LogP contribution in [0.3, 0.4) is 0 Å². The molecule has 9 rings (SSSR count). The van der Waals surface area contributed by atoms with Gasteiger partial charge in [-0.3, -0.25) is 0 Å². The summed E-state index contributed by atoms with van der Waals surface area (Å²) in [5, 5.41) is 25.0. The lowest BCUT2D eigenvalue weighted by Crippen LogP contribution is -2.01. The molecule has 222 valence electrons. The van der Waals surface area contributed by atoms with Gasteiger partial charge in [0.05, 0.1) is 38.9 Å². The highest BCUT2D eigenvalue weighted by Crippen LogP contribution is 2.41. The summed E-state index contributed by atoms with van der Waals surface area (Å²) in [7, 11) is 0. The zero-order valence-electron chi connectivity index (χ0n) is 25.8. The highest BCUT2D eigenvalue weighted by Gasteiger charge is 2.21. The third-order valence-corrected chi connectivity index (χ3v) is 9.41. The summed E-state index contributed by atoms with van der Waals surface area (Å²) in [5.41, 5.74) is 11.0. The van der Waals surface area contributed by atoms with E-state index >= 15 is 0 Å².